The highest BCUT2D eigenvalue weighted by atomic mass is 19.4. The van der Waals surface area contributed by atoms with Gasteiger partial charge in [-0.25, -0.2) is 0 Å². The second kappa shape index (κ2) is 9.74. The molecule has 1 saturated carbocycles. The molecule has 0 radical (unpaired) electrons. The smallest absolute Gasteiger partial charge is 0.379 e. The maximum atomic E-state index is 14.0. The zero-order chi connectivity index (χ0) is 24.7. The van der Waals surface area contributed by atoms with E-state index in [0.29, 0.717) is 31.0 Å². The number of ether oxygens (including phenoxy) is 2. The molecule has 34 heavy (non-hydrogen) atoms. The molecule has 2 fully saturated rings. The summed E-state index contributed by atoms with van der Waals surface area (Å²) >= 11 is 0. The van der Waals surface area contributed by atoms with Gasteiger partial charge in [0, 0.05) is 56.7 Å². The molecule has 1 aromatic heterocycles. The van der Waals surface area contributed by atoms with Gasteiger partial charge >= 0.3 is 6.18 Å². The summed E-state index contributed by atoms with van der Waals surface area (Å²) in [5.41, 5.74) is -0.136. The van der Waals surface area contributed by atoms with E-state index >= 15 is 0 Å². The summed E-state index contributed by atoms with van der Waals surface area (Å²) in [6.07, 6.45) is -0.321. The summed E-state index contributed by atoms with van der Waals surface area (Å²) in [6.45, 7) is 7.99. The van der Waals surface area contributed by atoms with E-state index in [4.69, 9.17) is 9.47 Å². The monoisotopic (exact) mass is 483 g/mol. The molecular weight excluding hydrogens is 447 g/mol. The van der Waals surface area contributed by atoms with Crippen LogP contribution in [0.4, 0.5) is 13.2 Å². The number of fused-ring (bicyclic) bond motifs is 1. The Kier molecular flexibility index (Phi) is 7.27. The maximum absolute atomic E-state index is 14.0. The van der Waals surface area contributed by atoms with Crippen molar-refractivity contribution in [3.63, 3.8) is 0 Å². The van der Waals surface area contributed by atoms with Crippen molar-refractivity contribution in [2.75, 3.05) is 26.9 Å². The highest BCUT2D eigenvalue weighted by molar-refractivity contribution is 5.84. The van der Waals surface area contributed by atoms with Crippen LogP contribution in [0.2, 0.25) is 0 Å². The molecule has 5 atom stereocenters. The Morgan fingerprint density at radius 1 is 1.35 bits per heavy atom. The number of hydrogen-bond donors (Lipinski definition) is 1. The predicted octanol–water partition coefficient (Wildman–Crippen LogP) is 4.13. The second-order valence-corrected chi connectivity index (χ2v) is 10.5. The maximum Gasteiger partial charge on any atom is 0.417 e. The third-order valence-electron chi connectivity index (χ3n) is 8.08. The Balaban J connectivity index is 1.51. The average molecular weight is 484 g/mol. The molecule has 0 bridgehead atoms. The van der Waals surface area contributed by atoms with Gasteiger partial charge < -0.3 is 19.7 Å². The molecule has 3 heterocycles. The molecule has 1 N–H and O–H groups in total. The summed E-state index contributed by atoms with van der Waals surface area (Å²) in [5.74, 6) is 0.0623. The van der Waals surface area contributed by atoms with Gasteiger partial charge in [-0.05, 0) is 43.2 Å². The van der Waals surface area contributed by atoms with Crippen LogP contribution in [0, 0.1) is 11.3 Å². The Morgan fingerprint density at radius 3 is 2.79 bits per heavy atom. The van der Waals surface area contributed by atoms with E-state index in [2.05, 4.69) is 24.1 Å². The Labute approximate surface area is 199 Å². The molecule has 1 aromatic rings. The topological polar surface area (TPSA) is 63.7 Å². The molecule has 190 valence electrons. The van der Waals surface area contributed by atoms with Crippen LogP contribution in [0.3, 0.4) is 0 Å². The van der Waals surface area contributed by atoms with E-state index in [1.54, 1.807) is 12.0 Å². The molecule has 4 rings (SSSR count). The van der Waals surface area contributed by atoms with Gasteiger partial charge in [-0.15, -0.1) is 0 Å². The zero-order valence-corrected chi connectivity index (χ0v) is 20.5. The minimum atomic E-state index is -4.45. The van der Waals surface area contributed by atoms with Crippen LogP contribution in [-0.4, -0.2) is 60.8 Å². The quantitative estimate of drug-likeness (QED) is 0.682. The van der Waals surface area contributed by atoms with E-state index in [0.717, 1.165) is 37.9 Å². The first-order chi connectivity index (χ1) is 16.0. The molecule has 2 aliphatic heterocycles. The molecular formula is C25H36F3N3O3. The number of nitrogens with zero attached hydrogens (tertiary/aromatic N) is 2. The fourth-order valence-electron chi connectivity index (χ4n) is 6.02. The number of carbonyl (C=O) groups is 1. The molecule has 0 unspecified atom stereocenters. The summed E-state index contributed by atoms with van der Waals surface area (Å²) in [5, 5.41) is 3.72. The third-order valence-corrected chi connectivity index (χ3v) is 8.08. The SMILES string of the molecule is CO[C@@H]1COCC[C@@H]1N[C@@H]1CC[C@@](C(=O)N2Cc3cc(C(F)(F)F)cnc3[C@@H](C)C2)(C(C)C)C1. The minimum Gasteiger partial charge on any atom is -0.379 e. The van der Waals surface area contributed by atoms with Crippen LogP contribution in [0.15, 0.2) is 12.3 Å². The van der Waals surface area contributed by atoms with E-state index in [1.807, 2.05) is 6.92 Å². The highest BCUT2D eigenvalue weighted by Gasteiger charge is 2.50. The number of carbonyl (C=O) groups excluding carboxylic acids is 1. The van der Waals surface area contributed by atoms with Gasteiger partial charge in [-0.2, -0.15) is 13.2 Å². The largest absolute Gasteiger partial charge is 0.417 e. The molecule has 3 aliphatic rings. The fraction of sp³-hybridized carbons (Fsp3) is 0.760. The number of rotatable bonds is 5. The summed E-state index contributed by atoms with van der Waals surface area (Å²) in [7, 11) is 1.69. The lowest BCUT2D eigenvalue weighted by molar-refractivity contribution is -0.146. The molecule has 0 aromatic carbocycles. The molecule has 0 spiro atoms. The van der Waals surface area contributed by atoms with E-state index < -0.39 is 17.2 Å². The van der Waals surface area contributed by atoms with Crippen LogP contribution in [0.25, 0.3) is 0 Å². The number of amides is 1. The molecule has 1 amide bonds. The van der Waals surface area contributed by atoms with Crippen LogP contribution in [-0.2, 0) is 27.0 Å². The fourth-order valence-corrected chi connectivity index (χ4v) is 6.02. The van der Waals surface area contributed by atoms with Crippen molar-refractivity contribution in [1.82, 2.24) is 15.2 Å². The Hall–Kier alpha value is -1.71. The lowest BCUT2D eigenvalue weighted by Crippen LogP contribution is -2.52. The van der Waals surface area contributed by atoms with Gasteiger partial charge in [0.2, 0.25) is 5.91 Å². The van der Waals surface area contributed by atoms with Crippen molar-refractivity contribution in [3.05, 3.63) is 29.1 Å². The first kappa shape index (κ1) is 25.4. The van der Waals surface area contributed by atoms with Crippen LogP contribution in [0.5, 0.6) is 0 Å². The number of aromatic nitrogens is 1. The van der Waals surface area contributed by atoms with Gasteiger partial charge in [0.15, 0.2) is 0 Å². The predicted molar refractivity (Wildman–Crippen MR) is 121 cm³/mol. The molecule has 6 nitrogen and oxygen atoms in total. The summed E-state index contributed by atoms with van der Waals surface area (Å²) < 4.78 is 50.9. The van der Waals surface area contributed by atoms with Crippen molar-refractivity contribution in [2.45, 2.75) is 83.3 Å². The first-order valence-corrected chi connectivity index (χ1v) is 12.3. The lowest BCUT2D eigenvalue weighted by atomic mass is 9.73. The van der Waals surface area contributed by atoms with Gasteiger partial charge in [-0.1, -0.05) is 20.8 Å². The summed E-state index contributed by atoms with van der Waals surface area (Å²) in [4.78, 5) is 19.9. The normalized spacial score (nSPS) is 32.2. The van der Waals surface area contributed by atoms with Gasteiger partial charge in [-0.3, -0.25) is 9.78 Å². The first-order valence-electron chi connectivity index (χ1n) is 12.3. The minimum absolute atomic E-state index is 0.00623. The number of alkyl halides is 3. The van der Waals surface area contributed by atoms with E-state index in [9.17, 15) is 18.0 Å². The number of nitrogens with one attached hydrogen (secondary N) is 1. The number of methoxy groups -OCH3 is 1. The van der Waals surface area contributed by atoms with Crippen LogP contribution < -0.4 is 5.32 Å². The van der Waals surface area contributed by atoms with Crippen LogP contribution >= 0.6 is 0 Å². The highest BCUT2D eigenvalue weighted by Crippen LogP contribution is 2.47. The number of hydrogen-bond acceptors (Lipinski definition) is 5. The van der Waals surface area contributed by atoms with Gasteiger partial charge in [0.1, 0.15) is 0 Å². The van der Waals surface area contributed by atoms with Crippen molar-refractivity contribution in [1.29, 1.82) is 0 Å². The lowest BCUT2D eigenvalue weighted by Gasteiger charge is -2.41. The Morgan fingerprint density at radius 2 is 2.12 bits per heavy atom. The van der Waals surface area contributed by atoms with Crippen molar-refractivity contribution in [2.24, 2.45) is 11.3 Å². The molecule has 1 saturated heterocycles. The van der Waals surface area contributed by atoms with E-state index in [1.165, 1.54) is 0 Å². The average Bonchev–Trinajstić information content (AvgIpc) is 3.23. The van der Waals surface area contributed by atoms with Gasteiger partial charge in [0.05, 0.1) is 23.7 Å². The summed E-state index contributed by atoms with van der Waals surface area (Å²) in [6, 6.07) is 1.55. The molecule has 9 heteroatoms. The zero-order valence-electron chi connectivity index (χ0n) is 20.5. The van der Waals surface area contributed by atoms with Crippen LogP contribution in [0.1, 0.15) is 69.2 Å². The molecule has 1 aliphatic carbocycles. The van der Waals surface area contributed by atoms with Crippen molar-refractivity contribution in [3.8, 4) is 0 Å². The second-order valence-electron chi connectivity index (χ2n) is 10.5. The standard InChI is InChI=1S/C25H36F3N3O3/c1-15(2)24(7-5-19(10-24)30-20-6-8-34-14-21(20)33-4)23(32)31-12-16(3)22-17(13-31)9-18(11-29-22)25(26,27)28/h9,11,15-16,19-21,30H,5-8,10,12-14H2,1-4H3/t16-,19+,20-,21+,24-/m0/s1. The number of pyridine rings is 1. The third kappa shape index (κ3) is 4.84. The van der Waals surface area contributed by atoms with E-state index in [-0.39, 0.29) is 42.5 Å². The van der Waals surface area contributed by atoms with Crippen molar-refractivity contribution >= 4 is 5.91 Å². The van der Waals surface area contributed by atoms with Crippen molar-refractivity contribution < 1.29 is 27.4 Å². The Bertz CT molecular complexity index is 894. The number of halogens is 3. The van der Waals surface area contributed by atoms with Gasteiger partial charge in [0.25, 0.3) is 0 Å².